The molecular formula is C29H33FN6O3. The standard InChI is InChI=1S/C29H33FN6O3/c1-33-16-29(17-33)18-39-27-24(19-7-8-23(32-14-19)38-12-6-11-35-9-4-3-5-10-35)20(30)13-21-25(27)26-22(15-31-21)34(2)28(37)36(26)29/h7-8,13-15H,3-6,9-12,16-18H2,1-2H3. The predicted molar refractivity (Wildman–Crippen MR) is 147 cm³/mol. The van der Waals surface area contributed by atoms with Gasteiger partial charge in [-0.2, -0.15) is 0 Å². The highest BCUT2D eigenvalue weighted by Gasteiger charge is 2.48. The van der Waals surface area contributed by atoms with Gasteiger partial charge in [0, 0.05) is 50.6 Å². The summed E-state index contributed by atoms with van der Waals surface area (Å²) in [5.74, 6) is 0.488. The number of halogens is 1. The zero-order chi connectivity index (χ0) is 26.7. The van der Waals surface area contributed by atoms with Crippen LogP contribution in [-0.2, 0) is 12.6 Å². The molecule has 0 bridgehead atoms. The van der Waals surface area contributed by atoms with Gasteiger partial charge >= 0.3 is 5.69 Å². The Morgan fingerprint density at radius 3 is 2.67 bits per heavy atom. The number of benzene rings is 1. The second-order valence-corrected chi connectivity index (χ2v) is 11.3. The summed E-state index contributed by atoms with van der Waals surface area (Å²) >= 11 is 0. The summed E-state index contributed by atoms with van der Waals surface area (Å²) < 4.78 is 31.5. The van der Waals surface area contributed by atoms with Crippen molar-refractivity contribution < 1.29 is 13.9 Å². The summed E-state index contributed by atoms with van der Waals surface area (Å²) in [4.78, 5) is 27.1. The van der Waals surface area contributed by atoms with Crippen LogP contribution in [0.4, 0.5) is 4.39 Å². The maximum Gasteiger partial charge on any atom is 0.329 e. The molecule has 1 aromatic carbocycles. The van der Waals surface area contributed by atoms with Gasteiger partial charge in [-0.05, 0) is 45.5 Å². The molecule has 3 aliphatic rings. The number of likely N-dealkylation sites (N-methyl/N-ethyl adjacent to an activating group) is 1. The fourth-order valence-corrected chi connectivity index (χ4v) is 6.66. The van der Waals surface area contributed by atoms with E-state index in [1.807, 2.05) is 17.7 Å². The summed E-state index contributed by atoms with van der Waals surface area (Å²) in [6.45, 7) is 5.59. The zero-order valence-electron chi connectivity index (χ0n) is 22.5. The quantitative estimate of drug-likeness (QED) is 0.353. The van der Waals surface area contributed by atoms with Crippen LogP contribution < -0.4 is 15.2 Å². The largest absolute Gasteiger partial charge is 0.489 e. The van der Waals surface area contributed by atoms with Gasteiger partial charge in [-0.1, -0.05) is 6.42 Å². The molecule has 1 spiro atoms. The molecule has 7 rings (SSSR count). The Hall–Kier alpha value is -3.50. The van der Waals surface area contributed by atoms with Crippen LogP contribution in [0.25, 0.3) is 33.1 Å². The number of ether oxygens (including phenoxy) is 2. The molecular weight excluding hydrogens is 499 g/mol. The van der Waals surface area contributed by atoms with Gasteiger partial charge in [-0.15, -0.1) is 0 Å². The maximum atomic E-state index is 15.7. The van der Waals surface area contributed by atoms with E-state index in [4.69, 9.17) is 9.47 Å². The molecule has 204 valence electrons. The second kappa shape index (κ2) is 9.31. The molecule has 0 atom stereocenters. The van der Waals surface area contributed by atoms with E-state index >= 15 is 4.39 Å². The average Bonchev–Trinajstić information content (AvgIpc) is 3.08. The maximum absolute atomic E-state index is 15.7. The van der Waals surface area contributed by atoms with Gasteiger partial charge in [-0.3, -0.25) is 14.1 Å². The molecule has 4 aromatic rings. The van der Waals surface area contributed by atoms with Crippen LogP contribution in [0.5, 0.6) is 11.6 Å². The highest BCUT2D eigenvalue weighted by Crippen LogP contribution is 2.45. The molecule has 10 heteroatoms. The molecule has 6 heterocycles. The third-order valence-electron chi connectivity index (χ3n) is 8.51. The smallest absolute Gasteiger partial charge is 0.329 e. The van der Waals surface area contributed by atoms with Crippen LogP contribution in [0.15, 0.2) is 35.4 Å². The third kappa shape index (κ3) is 3.91. The lowest BCUT2D eigenvalue weighted by Gasteiger charge is -2.48. The Morgan fingerprint density at radius 2 is 1.92 bits per heavy atom. The second-order valence-electron chi connectivity index (χ2n) is 11.3. The lowest BCUT2D eigenvalue weighted by molar-refractivity contribution is -0.00316. The normalized spacial score (nSPS) is 18.9. The number of imidazole rings is 1. The van der Waals surface area contributed by atoms with Crippen molar-refractivity contribution in [3.8, 4) is 22.8 Å². The first kappa shape index (κ1) is 24.5. The number of nitrogens with zero attached hydrogens (tertiary/aromatic N) is 6. The van der Waals surface area contributed by atoms with E-state index in [-0.39, 0.29) is 12.3 Å². The molecule has 2 fully saturated rings. The van der Waals surface area contributed by atoms with Crippen LogP contribution in [0.2, 0.25) is 0 Å². The number of piperidine rings is 1. The molecule has 0 radical (unpaired) electrons. The predicted octanol–water partition coefficient (Wildman–Crippen LogP) is 3.38. The van der Waals surface area contributed by atoms with Crippen molar-refractivity contribution in [2.75, 3.05) is 53.0 Å². The summed E-state index contributed by atoms with van der Waals surface area (Å²) in [5, 5.41) is 0.658. The van der Waals surface area contributed by atoms with Gasteiger partial charge < -0.3 is 19.3 Å². The first-order valence-corrected chi connectivity index (χ1v) is 13.8. The van der Waals surface area contributed by atoms with Crippen molar-refractivity contribution >= 4 is 21.9 Å². The van der Waals surface area contributed by atoms with Crippen molar-refractivity contribution in [2.24, 2.45) is 7.05 Å². The lowest BCUT2D eigenvalue weighted by Crippen LogP contribution is -2.65. The minimum atomic E-state index is -0.517. The SMILES string of the molecule is CN1CC2(COc3c(-c4ccc(OCCCN5CCCCC5)nc4)c(F)cc4ncc5c(c34)n2c(=O)n5C)C1. The van der Waals surface area contributed by atoms with Crippen LogP contribution in [0.3, 0.4) is 0 Å². The average molecular weight is 533 g/mol. The molecule has 39 heavy (non-hydrogen) atoms. The molecule has 9 nitrogen and oxygen atoms in total. The summed E-state index contributed by atoms with van der Waals surface area (Å²) in [7, 11) is 3.77. The van der Waals surface area contributed by atoms with Gasteiger partial charge in [0.15, 0.2) is 0 Å². The third-order valence-corrected chi connectivity index (χ3v) is 8.51. The topological polar surface area (TPSA) is 77.7 Å². The van der Waals surface area contributed by atoms with E-state index in [9.17, 15) is 4.79 Å². The van der Waals surface area contributed by atoms with Crippen LogP contribution in [0.1, 0.15) is 25.7 Å². The van der Waals surface area contributed by atoms with Gasteiger partial charge in [-0.25, -0.2) is 14.2 Å². The van der Waals surface area contributed by atoms with E-state index in [0.717, 1.165) is 18.5 Å². The monoisotopic (exact) mass is 532 g/mol. The van der Waals surface area contributed by atoms with Crippen molar-refractivity contribution in [3.63, 3.8) is 0 Å². The van der Waals surface area contributed by atoms with Crippen molar-refractivity contribution in [2.45, 2.75) is 31.2 Å². The summed E-state index contributed by atoms with van der Waals surface area (Å²) in [6.07, 6.45) is 8.12. The summed E-state index contributed by atoms with van der Waals surface area (Å²) in [6, 6.07) is 5.03. The number of pyridine rings is 2. The Bertz CT molecular complexity index is 1620. The Morgan fingerprint density at radius 1 is 1.10 bits per heavy atom. The molecule has 0 amide bonds. The van der Waals surface area contributed by atoms with E-state index in [1.165, 1.54) is 38.4 Å². The zero-order valence-corrected chi connectivity index (χ0v) is 22.5. The van der Waals surface area contributed by atoms with E-state index in [1.54, 1.807) is 30.1 Å². The molecule has 3 aromatic heterocycles. The van der Waals surface area contributed by atoms with Crippen LogP contribution >= 0.6 is 0 Å². The first-order chi connectivity index (χ1) is 18.9. The van der Waals surface area contributed by atoms with Crippen LogP contribution in [0, 0.1) is 5.82 Å². The van der Waals surface area contributed by atoms with Gasteiger partial charge in [0.2, 0.25) is 5.88 Å². The van der Waals surface area contributed by atoms with Crippen molar-refractivity contribution in [1.29, 1.82) is 0 Å². The minimum absolute atomic E-state index is 0.113. The Balaban J connectivity index is 1.23. The number of hydrogen-bond acceptors (Lipinski definition) is 7. The van der Waals surface area contributed by atoms with Gasteiger partial charge in [0.05, 0.1) is 40.3 Å². The summed E-state index contributed by atoms with van der Waals surface area (Å²) in [5.41, 5.74) is 2.20. The van der Waals surface area contributed by atoms with E-state index in [0.29, 0.717) is 58.9 Å². The highest BCUT2D eigenvalue weighted by molar-refractivity contribution is 6.09. The minimum Gasteiger partial charge on any atom is -0.489 e. The Labute approximate surface area is 225 Å². The molecule has 2 saturated heterocycles. The van der Waals surface area contributed by atoms with Crippen molar-refractivity contribution in [3.05, 3.63) is 46.9 Å². The number of aromatic nitrogens is 4. The number of rotatable bonds is 6. The van der Waals surface area contributed by atoms with E-state index in [2.05, 4.69) is 19.8 Å². The molecule has 3 aliphatic heterocycles. The van der Waals surface area contributed by atoms with Crippen LogP contribution in [-0.4, -0.2) is 81.9 Å². The number of aryl methyl sites for hydroxylation is 1. The lowest BCUT2D eigenvalue weighted by atomic mass is 9.91. The van der Waals surface area contributed by atoms with E-state index < -0.39 is 11.4 Å². The van der Waals surface area contributed by atoms with Gasteiger partial charge in [0.25, 0.3) is 0 Å². The molecule has 0 saturated carbocycles. The molecule has 0 N–H and O–H groups in total. The fourth-order valence-electron chi connectivity index (χ4n) is 6.66. The fraction of sp³-hybridized carbons (Fsp3) is 0.483. The van der Waals surface area contributed by atoms with Crippen molar-refractivity contribution in [1.82, 2.24) is 28.9 Å². The molecule has 0 unspecified atom stereocenters. The Kier molecular flexibility index (Phi) is 5.85. The number of hydrogen-bond donors (Lipinski definition) is 0. The van der Waals surface area contributed by atoms with Gasteiger partial charge in [0.1, 0.15) is 23.7 Å². The highest BCUT2D eigenvalue weighted by atomic mass is 19.1. The molecule has 0 aliphatic carbocycles. The number of fused-ring (bicyclic) bond motifs is 1. The number of likely N-dealkylation sites (tertiary alicyclic amines) is 2. The first-order valence-electron chi connectivity index (χ1n) is 13.8.